The lowest BCUT2D eigenvalue weighted by Gasteiger charge is -2.24. The van der Waals surface area contributed by atoms with Gasteiger partial charge in [-0.1, -0.05) is 59.6 Å². The molecule has 3 rings (SSSR count). The first-order valence-electron chi connectivity index (χ1n) is 10.6. The average molecular weight is 503 g/mol. The zero-order valence-electron chi connectivity index (χ0n) is 18.4. The molecular weight excluding hydrogens is 476 g/mol. The lowest BCUT2D eigenvalue weighted by atomic mass is 10.2. The van der Waals surface area contributed by atoms with Gasteiger partial charge >= 0.3 is 0 Å². The summed E-state index contributed by atoms with van der Waals surface area (Å²) in [7, 11) is -3.91. The molecule has 0 aliphatic heterocycles. The van der Waals surface area contributed by atoms with Crippen LogP contribution in [0.1, 0.15) is 17.5 Å². The minimum Gasteiger partial charge on any atom is -0.354 e. The van der Waals surface area contributed by atoms with Gasteiger partial charge in [0.25, 0.3) is 10.0 Å². The van der Waals surface area contributed by atoms with Crippen LogP contribution in [0.15, 0.2) is 83.8 Å². The molecule has 0 aromatic heterocycles. The number of benzene rings is 3. The quantitative estimate of drug-likeness (QED) is 0.362. The molecule has 3 aromatic carbocycles. The normalized spacial score (nSPS) is 11.2. The summed E-state index contributed by atoms with van der Waals surface area (Å²) in [6, 6.07) is 22.9. The molecule has 8 heteroatoms. The number of amides is 1. The maximum Gasteiger partial charge on any atom is 0.264 e. The molecule has 0 unspecified atom stereocenters. The summed E-state index contributed by atoms with van der Waals surface area (Å²) >= 11 is 7.77. The van der Waals surface area contributed by atoms with Crippen LogP contribution in [0.4, 0.5) is 5.69 Å². The fraction of sp³-hybridized carbons (Fsp3) is 0.240. The summed E-state index contributed by atoms with van der Waals surface area (Å²) in [4.78, 5) is 12.7. The third-order valence-corrected chi connectivity index (χ3v) is 8.06. The second-order valence-corrected chi connectivity index (χ2v) is 10.9. The summed E-state index contributed by atoms with van der Waals surface area (Å²) in [6.07, 6.45) is 0.800. The number of nitrogens with one attached hydrogen (secondary N) is 1. The first-order valence-corrected chi connectivity index (χ1v) is 13.6. The van der Waals surface area contributed by atoms with Gasteiger partial charge in [-0.3, -0.25) is 9.10 Å². The monoisotopic (exact) mass is 502 g/mol. The largest absolute Gasteiger partial charge is 0.354 e. The molecule has 5 nitrogen and oxygen atoms in total. The van der Waals surface area contributed by atoms with Gasteiger partial charge in [0.1, 0.15) is 6.54 Å². The number of aryl methyl sites for hydroxylation is 1. The lowest BCUT2D eigenvalue weighted by Crippen LogP contribution is -2.41. The number of sulfonamides is 1. The number of carbonyl (C=O) groups excluding carboxylic acids is 1. The second kappa shape index (κ2) is 12.1. The molecule has 33 heavy (non-hydrogen) atoms. The van der Waals surface area contributed by atoms with Crippen molar-refractivity contribution in [2.45, 2.75) is 24.0 Å². The molecule has 0 atom stereocenters. The van der Waals surface area contributed by atoms with Crippen LogP contribution < -0.4 is 9.62 Å². The smallest absolute Gasteiger partial charge is 0.264 e. The van der Waals surface area contributed by atoms with Gasteiger partial charge in [0.05, 0.1) is 10.6 Å². The fourth-order valence-electron chi connectivity index (χ4n) is 3.10. The zero-order valence-corrected chi connectivity index (χ0v) is 20.8. The molecule has 0 saturated heterocycles. The van der Waals surface area contributed by atoms with Gasteiger partial charge in [-0.2, -0.15) is 11.8 Å². The fourth-order valence-corrected chi connectivity index (χ4v) is 5.59. The Morgan fingerprint density at radius 2 is 1.64 bits per heavy atom. The first-order chi connectivity index (χ1) is 15.9. The molecule has 0 radical (unpaired) electrons. The average Bonchev–Trinajstić information content (AvgIpc) is 2.82. The number of thioether (sulfide) groups is 1. The summed E-state index contributed by atoms with van der Waals surface area (Å²) < 4.78 is 27.6. The van der Waals surface area contributed by atoms with Crippen molar-refractivity contribution in [3.63, 3.8) is 0 Å². The molecule has 1 N–H and O–H groups in total. The van der Waals surface area contributed by atoms with Crippen molar-refractivity contribution in [2.75, 3.05) is 23.1 Å². The number of hydrogen-bond donors (Lipinski definition) is 1. The van der Waals surface area contributed by atoms with E-state index in [2.05, 4.69) is 36.5 Å². The number of halogens is 1. The minimum atomic E-state index is -3.91. The number of rotatable bonds is 11. The van der Waals surface area contributed by atoms with Gasteiger partial charge in [-0.05, 0) is 61.1 Å². The Kier molecular flexibility index (Phi) is 9.23. The van der Waals surface area contributed by atoms with Crippen molar-refractivity contribution in [1.82, 2.24) is 5.32 Å². The summed E-state index contributed by atoms with van der Waals surface area (Å²) in [5.41, 5.74) is 2.90. The topological polar surface area (TPSA) is 66.5 Å². The van der Waals surface area contributed by atoms with E-state index in [4.69, 9.17) is 11.6 Å². The molecule has 0 aliphatic carbocycles. The third kappa shape index (κ3) is 7.52. The highest BCUT2D eigenvalue weighted by Gasteiger charge is 2.26. The highest BCUT2D eigenvalue weighted by atomic mass is 35.5. The summed E-state index contributed by atoms with van der Waals surface area (Å²) in [5, 5.41) is 3.33. The van der Waals surface area contributed by atoms with Crippen molar-refractivity contribution in [3.05, 3.63) is 95.0 Å². The van der Waals surface area contributed by atoms with Gasteiger partial charge < -0.3 is 5.32 Å². The van der Waals surface area contributed by atoms with Crippen molar-refractivity contribution in [1.29, 1.82) is 0 Å². The Labute approximate surface area is 205 Å². The Morgan fingerprint density at radius 3 is 2.30 bits per heavy atom. The first kappa shape index (κ1) is 25.1. The van der Waals surface area contributed by atoms with E-state index in [0.29, 0.717) is 17.3 Å². The van der Waals surface area contributed by atoms with Crippen molar-refractivity contribution < 1.29 is 13.2 Å². The van der Waals surface area contributed by atoms with E-state index in [0.717, 1.165) is 22.2 Å². The Bertz CT molecular complexity index is 1140. The van der Waals surface area contributed by atoms with Crippen LogP contribution >= 0.6 is 23.4 Å². The zero-order chi connectivity index (χ0) is 23.7. The van der Waals surface area contributed by atoms with Gasteiger partial charge in [0, 0.05) is 17.3 Å². The molecular formula is C25H27ClN2O3S2. The van der Waals surface area contributed by atoms with Crippen LogP contribution in [0, 0.1) is 6.92 Å². The van der Waals surface area contributed by atoms with Crippen molar-refractivity contribution >= 4 is 45.0 Å². The van der Waals surface area contributed by atoms with Crippen LogP contribution in [0.3, 0.4) is 0 Å². The second-order valence-electron chi connectivity index (χ2n) is 7.54. The van der Waals surface area contributed by atoms with E-state index in [-0.39, 0.29) is 17.3 Å². The third-order valence-electron chi connectivity index (χ3n) is 4.91. The number of nitrogens with zero attached hydrogens (tertiary/aromatic N) is 1. The van der Waals surface area contributed by atoms with Crippen LogP contribution in [0.5, 0.6) is 0 Å². The van der Waals surface area contributed by atoms with E-state index in [9.17, 15) is 13.2 Å². The molecule has 0 heterocycles. The minimum absolute atomic E-state index is 0.125. The van der Waals surface area contributed by atoms with Gasteiger partial charge in [-0.25, -0.2) is 8.42 Å². The maximum absolute atomic E-state index is 13.2. The molecule has 3 aromatic rings. The standard InChI is InChI=1S/C25H27ClN2O3S2/c1-20-8-10-21(11-9-20)19-32-17-5-16-27-25(29)18-28(23-14-12-22(26)13-15-23)33(30,31)24-6-3-2-4-7-24/h2-4,6-15H,5,16-19H2,1H3,(H,27,29). The van der Waals surface area contributed by atoms with E-state index >= 15 is 0 Å². The van der Waals surface area contributed by atoms with E-state index in [1.165, 1.54) is 23.3 Å². The van der Waals surface area contributed by atoms with Crippen LogP contribution in [0.25, 0.3) is 0 Å². The molecule has 0 spiro atoms. The van der Waals surface area contributed by atoms with E-state index in [1.54, 1.807) is 42.5 Å². The molecule has 0 aliphatic rings. The molecule has 0 bridgehead atoms. The maximum atomic E-state index is 13.2. The summed E-state index contributed by atoms with van der Waals surface area (Å²) in [5.74, 6) is 1.47. The predicted molar refractivity (Wildman–Crippen MR) is 137 cm³/mol. The van der Waals surface area contributed by atoms with Crippen molar-refractivity contribution in [3.8, 4) is 0 Å². The summed E-state index contributed by atoms with van der Waals surface area (Å²) in [6.45, 7) is 2.24. The highest BCUT2D eigenvalue weighted by Crippen LogP contribution is 2.25. The Morgan fingerprint density at radius 1 is 0.970 bits per heavy atom. The van der Waals surface area contributed by atoms with Crippen LogP contribution in [-0.4, -0.2) is 33.2 Å². The lowest BCUT2D eigenvalue weighted by molar-refractivity contribution is -0.119. The number of anilines is 1. The molecule has 0 saturated carbocycles. The Hall–Kier alpha value is -2.48. The predicted octanol–water partition coefficient (Wildman–Crippen LogP) is 5.28. The molecule has 174 valence electrons. The van der Waals surface area contributed by atoms with E-state index in [1.807, 2.05) is 11.8 Å². The van der Waals surface area contributed by atoms with Gasteiger partial charge in [0.15, 0.2) is 0 Å². The highest BCUT2D eigenvalue weighted by molar-refractivity contribution is 7.98. The van der Waals surface area contributed by atoms with Crippen molar-refractivity contribution in [2.24, 2.45) is 0 Å². The number of carbonyl (C=O) groups is 1. The van der Waals surface area contributed by atoms with Gasteiger partial charge in [-0.15, -0.1) is 0 Å². The van der Waals surface area contributed by atoms with Gasteiger partial charge in [0.2, 0.25) is 5.91 Å². The number of hydrogen-bond acceptors (Lipinski definition) is 4. The van der Waals surface area contributed by atoms with Crippen LogP contribution in [0.2, 0.25) is 5.02 Å². The van der Waals surface area contributed by atoms with E-state index < -0.39 is 10.0 Å². The van der Waals surface area contributed by atoms with Crippen LogP contribution in [-0.2, 0) is 20.6 Å². The SMILES string of the molecule is Cc1ccc(CSCCCNC(=O)CN(c2ccc(Cl)cc2)S(=O)(=O)c2ccccc2)cc1. The molecule has 1 amide bonds. The molecule has 0 fully saturated rings. The Balaban J connectivity index is 1.55.